The maximum atomic E-state index is 13.0. The second-order valence-electron chi connectivity index (χ2n) is 11.0. The molecule has 3 saturated carbocycles. The number of fused-ring (bicyclic) bond motifs is 4. The minimum absolute atomic E-state index is 0.0303. The van der Waals surface area contributed by atoms with E-state index < -0.39 is 11.2 Å². The molecule has 0 bridgehead atoms. The maximum absolute atomic E-state index is 13.0. The molecule has 0 aromatic heterocycles. The quantitative estimate of drug-likeness (QED) is 0.484. The van der Waals surface area contributed by atoms with Gasteiger partial charge in [-0.1, -0.05) is 19.4 Å². The average Bonchev–Trinajstić information content (AvgIpc) is 3.20. The molecule has 4 aliphatic carbocycles. The van der Waals surface area contributed by atoms with Gasteiger partial charge in [-0.25, -0.2) is 0 Å². The first-order valence-corrected chi connectivity index (χ1v) is 11.4. The molecule has 0 aromatic carbocycles. The average molecular weight is 414 g/mol. The van der Waals surface area contributed by atoms with Gasteiger partial charge in [-0.2, -0.15) is 0 Å². The molecule has 0 unspecified atom stereocenters. The molecule has 8 atom stereocenters. The first kappa shape index (κ1) is 19.0. The van der Waals surface area contributed by atoms with Gasteiger partial charge in [0.25, 0.3) is 0 Å². The fourth-order valence-electron chi connectivity index (χ4n) is 8.69. The van der Waals surface area contributed by atoms with Crippen LogP contribution in [0.3, 0.4) is 0 Å². The predicted octanol–water partition coefficient (Wildman–Crippen LogP) is 3.12. The molecule has 2 heterocycles. The van der Waals surface area contributed by atoms with Crippen LogP contribution in [0.5, 0.6) is 0 Å². The van der Waals surface area contributed by atoms with Crippen LogP contribution < -0.4 is 0 Å². The molecule has 162 valence electrons. The van der Waals surface area contributed by atoms with Crippen molar-refractivity contribution in [1.82, 2.24) is 0 Å². The number of esters is 2. The summed E-state index contributed by atoms with van der Waals surface area (Å²) < 4.78 is 17.9. The van der Waals surface area contributed by atoms with Crippen molar-refractivity contribution in [2.45, 2.75) is 82.5 Å². The standard InChI is InChI=1S/C24H30O6/c1-21-7-4-14(25)10-13(21)11-15(20(27)28-3)19-16-5-8-23(9-6-18(26)30-23)22(16,2)12-17-24(19,21)29-17/h10,15-17,19H,4-9,11-12H2,1-3H3/t15-,16+,17+,19+,21+,22+,23+,24+/m1/s1. The van der Waals surface area contributed by atoms with Crippen molar-refractivity contribution < 1.29 is 28.6 Å². The van der Waals surface area contributed by atoms with Crippen LogP contribution in [0.15, 0.2) is 11.6 Å². The van der Waals surface area contributed by atoms with Crippen LogP contribution in [0.2, 0.25) is 0 Å². The Morgan fingerprint density at radius 3 is 2.67 bits per heavy atom. The molecule has 2 spiro atoms. The number of rotatable bonds is 1. The van der Waals surface area contributed by atoms with Gasteiger partial charge in [-0.05, 0) is 50.5 Å². The lowest BCUT2D eigenvalue weighted by molar-refractivity contribution is -0.172. The largest absolute Gasteiger partial charge is 0.469 e. The Hall–Kier alpha value is -1.69. The molecule has 2 saturated heterocycles. The zero-order chi connectivity index (χ0) is 21.1. The van der Waals surface area contributed by atoms with E-state index in [1.54, 1.807) is 6.08 Å². The summed E-state index contributed by atoms with van der Waals surface area (Å²) in [5.74, 6) is -0.201. The number of ether oxygens (including phenoxy) is 3. The van der Waals surface area contributed by atoms with Crippen molar-refractivity contribution in [3.63, 3.8) is 0 Å². The fourth-order valence-corrected chi connectivity index (χ4v) is 8.69. The van der Waals surface area contributed by atoms with E-state index in [0.717, 1.165) is 37.7 Å². The molecular formula is C24H30O6. The molecule has 0 amide bonds. The monoisotopic (exact) mass is 414 g/mol. The van der Waals surface area contributed by atoms with E-state index in [4.69, 9.17) is 14.2 Å². The molecule has 6 heteroatoms. The number of epoxide rings is 1. The highest BCUT2D eigenvalue weighted by Crippen LogP contribution is 2.78. The fraction of sp³-hybridized carbons (Fsp3) is 0.792. The second-order valence-corrected chi connectivity index (χ2v) is 11.0. The van der Waals surface area contributed by atoms with E-state index in [1.807, 2.05) is 0 Å². The van der Waals surface area contributed by atoms with Crippen molar-refractivity contribution >= 4 is 17.7 Å². The molecule has 6 aliphatic rings. The zero-order valence-electron chi connectivity index (χ0n) is 18.0. The van der Waals surface area contributed by atoms with Gasteiger partial charge in [0.05, 0.1) is 19.1 Å². The normalized spacial score (nSPS) is 53.2. The molecule has 6 rings (SSSR count). The van der Waals surface area contributed by atoms with Crippen molar-refractivity contribution in [2.24, 2.45) is 28.6 Å². The van der Waals surface area contributed by atoms with Gasteiger partial charge in [0.2, 0.25) is 0 Å². The van der Waals surface area contributed by atoms with Gasteiger partial charge >= 0.3 is 11.9 Å². The molecule has 30 heavy (non-hydrogen) atoms. The van der Waals surface area contributed by atoms with E-state index in [1.165, 1.54) is 7.11 Å². The number of hydrogen-bond acceptors (Lipinski definition) is 6. The summed E-state index contributed by atoms with van der Waals surface area (Å²) in [6.07, 6.45) is 7.61. The highest BCUT2D eigenvalue weighted by atomic mass is 16.6. The minimum atomic E-state index is -0.424. The van der Waals surface area contributed by atoms with Gasteiger partial charge in [-0.15, -0.1) is 0 Å². The van der Waals surface area contributed by atoms with Crippen molar-refractivity contribution in [3.05, 3.63) is 11.6 Å². The third-order valence-corrected chi connectivity index (χ3v) is 10.2. The van der Waals surface area contributed by atoms with Crippen molar-refractivity contribution in [3.8, 4) is 0 Å². The molecule has 2 aliphatic heterocycles. The summed E-state index contributed by atoms with van der Waals surface area (Å²) in [6, 6.07) is 0. The van der Waals surface area contributed by atoms with E-state index in [-0.39, 0.29) is 52.4 Å². The Kier molecular flexibility index (Phi) is 3.53. The summed E-state index contributed by atoms with van der Waals surface area (Å²) in [5, 5.41) is 0. The van der Waals surface area contributed by atoms with E-state index in [2.05, 4.69) is 13.8 Å². The smallest absolute Gasteiger partial charge is 0.309 e. The Bertz CT molecular complexity index is 907. The lowest BCUT2D eigenvalue weighted by Crippen LogP contribution is -2.63. The third kappa shape index (κ3) is 1.94. The van der Waals surface area contributed by atoms with Crippen LogP contribution in [-0.4, -0.2) is 42.1 Å². The van der Waals surface area contributed by atoms with E-state index >= 15 is 0 Å². The van der Waals surface area contributed by atoms with Gasteiger partial charge < -0.3 is 14.2 Å². The van der Waals surface area contributed by atoms with Crippen LogP contribution in [0.1, 0.15) is 65.2 Å². The Morgan fingerprint density at radius 1 is 1.17 bits per heavy atom. The van der Waals surface area contributed by atoms with E-state index in [9.17, 15) is 14.4 Å². The van der Waals surface area contributed by atoms with E-state index in [0.29, 0.717) is 19.3 Å². The molecule has 6 nitrogen and oxygen atoms in total. The lowest BCUT2D eigenvalue weighted by atomic mass is 9.43. The number of methoxy groups -OCH3 is 1. The number of carbonyl (C=O) groups excluding carboxylic acids is 3. The van der Waals surface area contributed by atoms with Crippen LogP contribution >= 0.6 is 0 Å². The third-order valence-electron chi connectivity index (χ3n) is 10.2. The first-order valence-electron chi connectivity index (χ1n) is 11.4. The van der Waals surface area contributed by atoms with Crippen molar-refractivity contribution in [1.29, 1.82) is 0 Å². The highest BCUT2D eigenvalue weighted by Gasteiger charge is 2.83. The van der Waals surface area contributed by atoms with Crippen LogP contribution in [0.25, 0.3) is 0 Å². The summed E-state index contributed by atoms with van der Waals surface area (Å²) in [7, 11) is 1.45. The molecule has 0 aromatic rings. The predicted molar refractivity (Wildman–Crippen MR) is 105 cm³/mol. The SMILES string of the molecule is COC(=O)[C@@H]1CC2=CC(=O)CC[C@]2(C)[C@]23O[C@H]2C[C@@]2(C)[C@@H](CC[C@]24CCC(=O)O4)[C@H]13. The van der Waals surface area contributed by atoms with Gasteiger partial charge in [0.15, 0.2) is 5.78 Å². The number of carbonyl (C=O) groups is 3. The summed E-state index contributed by atoms with van der Waals surface area (Å²) in [5.41, 5.74) is -0.175. The second kappa shape index (κ2) is 5.56. The van der Waals surface area contributed by atoms with Crippen molar-refractivity contribution in [2.75, 3.05) is 7.11 Å². The number of hydrogen-bond donors (Lipinski definition) is 0. The Balaban J connectivity index is 1.49. The Labute approximate surface area is 176 Å². The first-order chi connectivity index (χ1) is 14.2. The summed E-state index contributed by atoms with van der Waals surface area (Å²) in [4.78, 5) is 37.4. The topological polar surface area (TPSA) is 82.2 Å². The number of ketones is 1. The maximum Gasteiger partial charge on any atom is 0.309 e. The zero-order valence-corrected chi connectivity index (χ0v) is 18.0. The van der Waals surface area contributed by atoms with Gasteiger partial charge in [0.1, 0.15) is 11.2 Å². The molecule has 0 N–H and O–H groups in total. The van der Waals surface area contributed by atoms with Crippen LogP contribution in [-0.2, 0) is 28.6 Å². The minimum Gasteiger partial charge on any atom is -0.469 e. The summed E-state index contributed by atoms with van der Waals surface area (Å²) in [6.45, 7) is 4.51. The molecule has 5 fully saturated rings. The van der Waals surface area contributed by atoms with Crippen LogP contribution in [0.4, 0.5) is 0 Å². The molecular weight excluding hydrogens is 384 g/mol. The summed E-state index contributed by atoms with van der Waals surface area (Å²) >= 11 is 0. The Morgan fingerprint density at radius 2 is 1.97 bits per heavy atom. The lowest BCUT2D eigenvalue weighted by Gasteiger charge is -2.58. The van der Waals surface area contributed by atoms with Crippen LogP contribution in [0, 0.1) is 28.6 Å². The molecule has 0 radical (unpaired) electrons. The van der Waals surface area contributed by atoms with Gasteiger partial charge in [-0.3, -0.25) is 14.4 Å². The van der Waals surface area contributed by atoms with Gasteiger partial charge in [0, 0.05) is 29.6 Å². The highest BCUT2D eigenvalue weighted by molar-refractivity contribution is 5.92.